The zero-order valence-electron chi connectivity index (χ0n) is 16.5. The molecule has 1 saturated heterocycles. The zero-order chi connectivity index (χ0) is 20.0. The molecule has 148 valence electrons. The Morgan fingerprint density at radius 3 is 2.59 bits per heavy atom. The summed E-state index contributed by atoms with van der Waals surface area (Å²) >= 11 is 3.53. The van der Waals surface area contributed by atoms with Crippen LogP contribution in [0.25, 0.3) is 0 Å². The molecule has 0 unspecified atom stereocenters. The van der Waals surface area contributed by atoms with Crippen LogP contribution in [0.15, 0.2) is 22.7 Å². The molecule has 1 N–H and O–H groups in total. The average molecular weight is 438 g/mol. The maximum Gasteiger partial charge on any atom is 0.410 e. The second kappa shape index (κ2) is 6.80. The number of halogens is 1. The van der Waals surface area contributed by atoms with E-state index in [9.17, 15) is 14.7 Å². The molecule has 5 nitrogen and oxygen atoms in total. The molecule has 1 spiro atoms. The predicted molar refractivity (Wildman–Crippen MR) is 107 cm³/mol. The molecule has 1 fully saturated rings. The summed E-state index contributed by atoms with van der Waals surface area (Å²) in [5.74, 6) is -0.827. The van der Waals surface area contributed by atoms with Gasteiger partial charge in [0.25, 0.3) is 0 Å². The number of rotatable bonds is 2. The van der Waals surface area contributed by atoms with Crippen molar-refractivity contribution in [1.29, 1.82) is 0 Å². The Labute approximate surface area is 169 Å². The Hall–Kier alpha value is -1.56. The first-order valence-corrected chi connectivity index (χ1v) is 10.3. The highest BCUT2D eigenvalue weighted by atomic mass is 79.9. The number of amides is 1. The molecule has 2 atom stereocenters. The molecule has 1 aliphatic carbocycles. The van der Waals surface area contributed by atoms with Gasteiger partial charge < -0.3 is 14.7 Å². The molecule has 0 saturated carbocycles. The molecule has 0 aromatic heterocycles. The normalized spacial score (nSPS) is 27.5. The molecular formula is C21H28BrNO4. The van der Waals surface area contributed by atoms with Crippen LogP contribution in [-0.4, -0.2) is 40.8 Å². The van der Waals surface area contributed by atoms with Crippen LogP contribution in [0.1, 0.15) is 58.1 Å². The number of hydrogen-bond acceptors (Lipinski definition) is 3. The molecular weight excluding hydrogens is 410 g/mol. The van der Waals surface area contributed by atoms with Crippen LogP contribution in [0.4, 0.5) is 4.79 Å². The maximum atomic E-state index is 12.8. The quantitative estimate of drug-likeness (QED) is 0.724. The fourth-order valence-corrected chi connectivity index (χ4v) is 5.36. The lowest BCUT2D eigenvalue weighted by Crippen LogP contribution is -2.51. The molecule has 1 amide bonds. The predicted octanol–water partition coefficient (Wildman–Crippen LogP) is 4.75. The number of fused-ring (bicyclic) bond motifs is 2. The number of ether oxygens (including phenoxy) is 1. The van der Waals surface area contributed by atoms with Crippen molar-refractivity contribution in [3.8, 4) is 0 Å². The fraction of sp³-hybridized carbons (Fsp3) is 0.619. The fourth-order valence-electron chi connectivity index (χ4n) is 4.95. The van der Waals surface area contributed by atoms with E-state index in [4.69, 9.17) is 4.74 Å². The summed E-state index contributed by atoms with van der Waals surface area (Å²) in [4.78, 5) is 27.0. The van der Waals surface area contributed by atoms with Crippen molar-refractivity contribution in [3.63, 3.8) is 0 Å². The smallest absolute Gasteiger partial charge is 0.410 e. The molecule has 1 aromatic rings. The molecule has 0 radical (unpaired) electrons. The summed E-state index contributed by atoms with van der Waals surface area (Å²) in [6.07, 6.45) is 2.66. The summed E-state index contributed by atoms with van der Waals surface area (Å²) in [6.45, 7) is 7.97. The molecule has 3 rings (SSSR count). The van der Waals surface area contributed by atoms with Gasteiger partial charge in [0.05, 0.1) is 5.41 Å². The number of aliphatic carboxylic acids is 1. The molecule has 1 aromatic carbocycles. The van der Waals surface area contributed by atoms with Gasteiger partial charge in [0, 0.05) is 23.0 Å². The van der Waals surface area contributed by atoms with E-state index in [1.807, 2.05) is 39.8 Å². The van der Waals surface area contributed by atoms with Gasteiger partial charge in [-0.3, -0.25) is 4.79 Å². The van der Waals surface area contributed by atoms with E-state index in [0.717, 1.165) is 29.3 Å². The average Bonchev–Trinajstić information content (AvgIpc) is 2.89. The Kier molecular flexibility index (Phi) is 5.08. The SMILES string of the molecule is CC[C@@]1(C(=O)O)CN(C(=O)OC(C)(C)C)C[C@@]12CCCc1cc(Br)ccc12. The van der Waals surface area contributed by atoms with Crippen LogP contribution in [0.3, 0.4) is 0 Å². The van der Waals surface area contributed by atoms with Crippen molar-refractivity contribution in [2.75, 3.05) is 13.1 Å². The van der Waals surface area contributed by atoms with Gasteiger partial charge in [0.1, 0.15) is 5.60 Å². The minimum absolute atomic E-state index is 0.184. The monoisotopic (exact) mass is 437 g/mol. The molecule has 1 aliphatic heterocycles. The van der Waals surface area contributed by atoms with Crippen molar-refractivity contribution >= 4 is 28.0 Å². The van der Waals surface area contributed by atoms with Gasteiger partial charge >= 0.3 is 12.1 Å². The van der Waals surface area contributed by atoms with Gasteiger partial charge in [-0.15, -0.1) is 0 Å². The van der Waals surface area contributed by atoms with E-state index >= 15 is 0 Å². The number of aryl methyl sites for hydroxylation is 1. The molecule has 6 heteroatoms. The lowest BCUT2D eigenvalue weighted by Gasteiger charge is -2.45. The zero-order valence-corrected chi connectivity index (χ0v) is 18.1. The second-order valence-electron chi connectivity index (χ2n) is 8.81. The maximum absolute atomic E-state index is 12.8. The first kappa shape index (κ1) is 20.2. The second-order valence-corrected chi connectivity index (χ2v) is 9.73. The summed E-state index contributed by atoms with van der Waals surface area (Å²) in [6, 6.07) is 6.11. The van der Waals surface area contributed by atoms with E-state index in [-0.39, 0.29) is 6.54 Å². The number of hydrogen-bond donors (Lipinski definition) is 1. The third-order valence-electron chi connectivity index (χ3n) is 6.13. The first-order valence-electron chi connectivity index (χ1n) is 9.55. The number of carbonyl (C=O) groups excluding carboxylic acids is 1. The van der Waals surface area contributed by atoms with E-state index in [1.165, 1.54) is 5.56 Å². The van der Waals surface area contributed by atoms with Crippen molar-refractivity contribution in [2.24, 2.45) is 5.41 Å². The van der Waals surface area contributed by atoms with Crippen molar-refractivity contribution in [1.82, 2.24) is 4.90 Å². The van der Waals surface area contributed by atoms with Gasteiger partial charge in [0.15, 0.2) is 0 Å². The van der Waals surface area contributed by atoms with Crippen molar-refractivity contribution < 1.29 is 19.4 Å². The number of benzene rings is 1. The minimum atomic E-state index is -1.01. The Balaban J connectivity index is 2.10. The topological polar surface area (TPSA) is 66.8 Å². The van der Waals surface area contributed by atoms with Gasteiger partial charge in [-0.05, 0) is 69.7 Å². The highest BCUT2D eigenvalue weighted by molar-refractivity contribution is 9.10. The van der Waals surface area contributed by atoms with Crippen LogP contribution in [0, 0.1) is 5.41 Å². The number of nitrogens with zero attached hydrogens (tertiary/aromatic N) is 1. The number of carbonyl (C=O) groups is 2. The van der Waals surface area contributed by atoms with Gasteiger partial charge in [0.2, 0.25) is 0 Å². The van der Waals surface area contributed by atoms with Crippen molar-refractivity contribution in [3.05, 3.63) is 33.8 Å². The number of carboxylic acid groups (broad SMARTS) is 1. The van der Waals surface area contributed by atoms with Gasteiger partial charge in [-0.1, -0.05) is 28.9 Å². The highest BCUT2D eigenvalue weighted by Crippen LogP contribution is 2.56. The standard InChI is InChI=1S/C21H28BrNO4/c1-5-20(17(24)25)12-23(18(26)27-19(2,3)4)13-21(20)10-6-7-14-11-15(22)8-9-16(14)21/h8-9,11H,5-7,10,12-13H2,1-4H3,(H,24,25)/t20-,21+/m0/s1. The summed E-state index contributed by atoms with van der Waals surface area (Å²) in [7, 11) is 0. The van der Waals surface area contributed by atoms with E-state index in [2.05, 4.69) is 22.0 Å². The van der Waals surface area contributed by atoms with Gasteiger partial charge in [-0.25, -0.2) is 4.79 Å². The number of likely N-dealkylation sites (tertiary alicyclic amines) is 1. The Bertz CT molecular complexity index is 772. The first-order chi connectivity index (χ1) is 12.5. The Morgan fingerprint density at radius 2 is 2.00 bits per heavy atom. The van der Waals surface area contributed by atoms with Crippen LogP contribution < -0.4 is 0 Å². The summed E-state index contributed by atoms with van der Waals surface area (Å²) in [5, 5.41) is 10.3. The molecule has 1 heterocycles. The van der Waals surface area contributed by atoms with Crippen LogP contribution in [0.5, 0.6) is 0 Å². The van der Waals surface area contributed by atoms with Gasteiger partial charge in [-0.2, -0.15) is 0 Å². The third-order valence-corrected chi connectivity index (χ3v) is 6.63. The molecule has 0 bridgehead atoms. The largest absolute Gasteiger partial charge is 0.481 e. The summed E-state index contributed by atoms with van der Waals surface area (Å²) < 4.78 is 6.56. The lowest BCUT2D eigenvalue weighted by molar-refractivity contribution is -0.152. The molecule has 2 aliphatic rings. The number of carboxylic acids is 1. The van der Waals surface area contributed by atoms with E-state index < -0.39 is 28.5 Å². The highest BCUT2D eigenvalue weighted by Gasteiger charge is 2.64. The van der Waals surface area contributed by atoms with Crippen molar-refractivity contribution in [2.45, 2.75) is 64.4 Å². The Morgan fingerprint density at radius 1 is 1.30 bits per heavy atom. The van der Waals surface area contributed by atoms with E-state index in [1.54, 1.807) is 4.90 Å². The summed E-state index contributed by atoms with van der Waals surface area (Å²) in [5.41, 5.74) is 0.0550. The molecule has 27 heavy (non-hydrogen) atoms. The minimum Gasteiger partial charge on any atom is -0.481 e. The van der Waals surface area contributed by atoms with Crippen LogP contribution >= 0.6 is 15.9 Å². The van der Waals surface area contributed by atoms with E-state index in [0.29, 0.717) is 13.0 Å². The van der Waals surface area contributed by atoms with Crippen LogP contribution in [-0.2, 0) is 21.4 Å². The lowest BCUT2D eigenvalue weighted by atomic mass is 9.55. The van der Waals surface area contributed by atoms with Crippen LogP contribution in [0.2, 0.25) is 0 Å². The third kappa shape index (κ3) is 3.26.